The molecule has 0 heterocycles. The monoisotopic (exact) mass is 347 g/mol. The molecule has 2 aromatic rings. The van der Waals surface area contributed by atoms with Crippen LogP contribution in [0.15, 0.2) is 54.6 Å². The number of halogens is 1. The van der Waals surface area contributed by atoms with Crippen LogP contribution in [-0.2, 0) is 16.1 Å². The molecule has 128 valence electrons. The molecule has 1 atom stereocenters. The Hall–Kier alpha value is -2.04. The summed E-state index contributed by atoms with van der Waals surface area (Å²) >= 11 is 5.84. The molecule has 0 aromatic heterocycles. The zero-order chi connectivity index (χ0) is 17.2. The summed E-state index contributed by atoms with van der Waals surface area (Å²) in [5.74, 6) is 0.484. The third kappa shape index (κ3) is 6.22. The van der Waals surface area contributed by atoms with Crippen LogP contribution in [0.1, 0.15) is 18.9 Å². The molecule has 0 aliphatic heterocycles. The Bertz CT molecular complexity index is 616. The highest BCUT2D eigenvalue weighted by Crippen LogP contribution is 2.17. The summed E-state index contributed by atoms with van der Waals surface area (Å²) < 4.78 is 11.2. The van der Waals surface area contributed by atoms with Gasteiger partial charge in [-0.1, -0.05) is 48.9 Å². The molecule has 0 saturated heterocycles. The van der Waals surface area contributed by atoms with Gasteiger partial charge in [0.1, 0.15) is 5.75 Å². The van der Waals surface area contributed by atoms with Gasteiger partial charge in [-0.25, -0.2) is 0 Å². The maximum absolute atomic E-state index is 12.2. The number of rotatable bonds is 9. The second-order valence-corrected chi connectivity index (χ2v) is 5.73. The molecule has 1 N–H and O–H groups in total. The topological polar surface area (TPSA) is 47.6 Å². The van der Waals surface area contributed by atoms with E-state index in [0.29, 0.717) is 37.0 Å². The Morgan fingerprint density at radius 3 is 2.50 bits per heavy atom. The van der Waals surface area contributed by atoms with Gasteiger partial charge in [0.15, 0.2) is 6.10 Å². The van der Waals surface area contributed by atoms with Gasteiger partial charge in [0.25, 0.3) is 5.91 Å². The first kappa shape index (κ1) is 18.3. The van der Waals surface area contributed by atoms with Gasteiger partial charge in [-0.2, -0.15) is 0 Å². The van der Waals surface area contributed by atoms with Crippen molar-refractivity contribution in [2.75, 3.05) is 13.2 Å². The molecular formula is C19H22ClNO3. The molecular weight excluding hydrogens is 326 g/mol. The number of ether oxygens (including phenoxy) is 2. The third-order valence-electron chi connectivity index (χ3n) is 3.41. The fraction of sp³-hybridized carbons (Fsp3) is 0.316. The Morgan fingerprint density at radius 1 is 1.12 bits per heavy atom. The Labute approximate surface area is 147 Å². The van der Waals surface area contributed by atoms with Crippen molar-refractivity contribution < 1.29 is 14.3 Å². The van der Waals surface area contributed by atoms with E-state index in [9.17, 15) is 4.79 Å². The van der Waals surface area contributed by atoms with Gasteiger partial charge in [-0.3, -0.25) is 4.79 Å². The predicted octanol–water partition coefficient (Wildman–Crippen LogP) is 3.83. The van der Waals surface area contributed by atoms with Gasteiger partial charge < -0.3 is 14.8 Å². The van der Waals surface area contributed by atoms with Crippen LogP contribution in [0.3, 0.4) is 0 Å². The van der Waals surface area contributed by atoms with Crippen molar-refractivity contribution in [3.63, 3.8) is 0 Å². The Balaban J connectivity index is 1.68. The molecule has 2 rings (SSSR count). The van der Waals surface area contributed by atoms with E-state index in [2.05, 4.69) is 5.32 Å². The standard InChI is InChI=1S/C19H22ClNO3/c1-2-18(24-17-10-8-16(20)9-11-17)19(22)21-12-13-23-14-15-6-4-3-5-7-15/h3-11,18H,2,12-14H2,1H3,(H,21,22)/t18-/m0/s1. The van der Waals surface area contributed by atoms with E-state index in [4.69, 9.17) is 21.1 Å². The highest BCUT2D eigenvalue weighted by molar-refractivity contribution is 6.30. The van der Waals surface area contributed by atoms with Gasteiger partial charge in [0.2, 0.25) is 0 Å². The van der Waals surface area contributed by atoms with Crippen molar-refractivity contribution in [2.45, 2.75) is 26.1 Å². The van der Waals surface area contributed by atoms with Crippen molar-refractivity contribution in [1.29, 1.82) is 0 Å². The predicted molar refractivity (Wildman–Crippen MR) is 95.3 cm³/mol. The highest BCUT2D eigenvalue weighted by atomic mass is 35.5. The highest BCUT2D eigenvalue weighted by Gasteiger charge is 2.17. The van der Waals surface area contributed by atoms with Gasteiger partial charge in [0.05, 0.1) is 13.2 Å². The summed E-state index contributed by atoms with van der Waals surface area (Å²) in [6, 6.07) is 16.9. The van der Waals surface area contributed by atoms with Crippen molar-refractivity contribution in [3.05, 3.63) is 65.2 Å². The van der Waals surface area contributed by atoms with Gasteiger partial charge in [-0.05, 0) is 36.2 Å². The second kappa shape index (κ2) is 9.96. The number of nitrogens with one attached hydrogen (secondary N) is 1. The summed E-state index contributed by atoms with van der Waals surface area (Å²) in [5, 5.41) is 3.47. The van der Waals surface area contributed by atoms with Crippen molar-refractivity contribution in [1.82, 2.24) is 5.32 Å². The molecule has 5 heteroatoms. The zero-order valence-corrected chi connectivity index (χ0v) is 14.5. The average molecular weight is 348 g/mol. The van der Waals surface area contributed by atoms with E-state index in [1.165, 1.54) is 0 Å². The first-order valence-electron chi connectivity index (χ1n) is 8.00. The molecule has 0 bridgehead atoms. The molecule has 24 heavy (non-hydrogen) atoms. The van der Waals surface area contributed by atoms with Crippen LogP contribution in [0.4, 0.5) is 0 Å². The molecule has 0 aliphatic carbocycles. The first-order chi connectivity index (χ1) is 11.7. The molecule has 1 amide bonds. The second-order valence-electron chi connectivity index (χ2n) is 5.30. The summed E-state index contributed by atoms with van der Waals surface area (Å²) in [6.45, 7) is 3.35. The number of carbonyl (C=O) groups is 1. The van der Waals surface area contributed by atoms with Gasteiger partial charge in [0, 0.05) is 11.6 Å². The lowest BCUT2D eigenvalue weighted by Gasteiger charge is -2.17. The third-order valence-corrected chi connectivity index (χ3v) is 3.66. The molecule has 4 nitrogen and oxygen atoms in total. The normalized spacial score (nSPS) is 11.8. The lowest BCUT2D eigenvalue weighted by atomic mass is 10.2. The van der Waals surface area contributed by atoms with Crippen LogP contribution in [0.2, 0.25) is 5.02 Å². The molecule has 0 saturated carbocycles. The number of carbonyl (C=O) groups excluding carboxylic acids is 1. The molecule has 0 spiro atoms. The van der Waals surface area contributed by atoms with Crippen LogP contribution in [-0.4, -0.2) is 25.2 Å². The number of benzene rings is 2. The van der Waals surface area contributed by atoms with Crippen LogP contribution in [0.25, 0.3) is 0 Å². The lowest BCUT2D eigenvalue weighted by Crippen LogP contribution is -2.39. The molecule has 0 aliphatic rings. The van der Waals surface area contributed by atoms with Crippen LogP contribution >= 0.6 is 11.6 Å². The summed E-state index contributed by atoms with van der Waals surface area (Å²) in [5.41, 5.74) is 1.11. The summed E-state index contributed by atoms with van der Waals surface area (Å²) in [6.07, 6.45) is 0.0552. The maximum atomic E-state index is 12.2. The minimum atomic E-state index is -0.528. The van der Waals surface area contributed by atoms with E-state index in [1.807, 2.05) is 37.3 Å². The van der Waals surface area contributed by atoms with E-state index in [0.717, 1.165) is 5.56 Å². The van der Waals surface area contributed by atoms with Gasteiger partial charge in [-0.15, -0.1) is 0 Å². The molecule has 0 fully saturated rings. The van der Waals surface area contributed by atoms with Crippen LogP contribution < -0.4 is 10.1 Å². The van der Waals surface area contributed by atoms with E-state index >= 15 is 0 Å². The quantitative estimate of drug-likeness (QED) is 0.701. The SMILES string of the molecule is CC[C@H](Oc1ccc(Cl)cc1)C(=O)NCCOCc1ccccc1. The number of hydrogen-bond acceptors (Lipinski definition) is 3. The smallest absolute Gasteiger partial charge is 0.261 e. The number of amides is 1. The lowest BCUT2D eigenvalue weighted by molar-refractivity contribution is -0.128. The average Bonchev–Trinajstić information content (AvgIpc) is 2.61. The zero-order valence-electron chi connectivity index (χ0n) is 13.7. The minimum absolute atomic E-state index is 0.143. The van der Waals surface area contributed by atoms with Crippen molar-refractivity contribution in [2.24, 2.45) is 0 Å². The largest absolute Gasteiger partial charge is 0.481 e. The van der Waals surface area contributed by atoms with Gasteiger partial charge >= 0.3 is 0 Å². The summed E-state index contributed by atoms with van der Waals surface area (Å²) in [7, 11) is 0. The maximum Gasteiger partial charge on any atom is 0.261 e. The van der Waals surface area contributed by atoms with Crippen LogP contribution in [0, 0.1) is 0 Å². The minimum Gasteiger partial charge on any atom is -0.481 e. The van der Waals surface area contributed by atoms with E-state index in [-0.39, 0.29) is 5.91 Å². The Kier molecular flexibility index (Phi) is 7.59. The first-order valence-corrected chi connectivity index (χ1v) is 8.38. The van der Waals surface area contributed by atoms with E-state index < -0.39 is 6.10 Å². The van der Waals surface area contributed by atoms with Crippen molar-refractivity contribution in [3.8, 4) is 5.75 Å². The molecule has 0 radical (unpaired) electrons. The summed E-state index contributed by atoms with van der Waals surface area (Å²) in [4.78, 5) is 12.2. The van der Waals surface area contributed by atoms with Crippen molar-refractivity contribution >= 4 is 17.5 Å². The fourth-order valence-electron chi connectivity index (χ4n) is 2.12. The molecule has 0 unspecified atom stereocenters. The Morgan fingerprint density at radius 2 is 1.83 bits per heavy atom. The fourth-order valence-corrected chi connectivity index (χ4v) is 2.25. The van der Waals surface area contributed by atoms with Crippen LogP contribution in [0.5, 0.6) is 5.75 Å². The number of hydrogen-bond donors (Lipinski definition) is 1. The van der Waals surface area contributed by atoms with E-state index in [1.54, 1.807) is 24.3 Å². The molecule has 2 aromatic carbocycles.